The SMILES string of the molecule is C=CCc1cc(OCc2ccccc2)ccc1OC. The molecule has 2 rings (SSSR count). The monoisotopic (exact) mass is 254 g/mol. The smallest absolute Gasteiger partial charge is 0.122 e. The van der Waals surface area contributed by atoms with Crippen LogP contribution < -0.4 is 9.47 Å². The molecule has 0 saturated carbocycles. The lowest BCUT2D eigenvalue weighted by Crippen LogP contribution is -1.97. The first kappa shape index (κ1) is 13.2. The molecular weight excluding hydrogens is 236 g/mol. The Morgan fingerprint density at radius 3 is 2.58 bits per heavy atom. The maximum atomic E-state index is 5.79. The van der Waals surface area contributed by atoms with E-state index in [1.807, 2.05) is 54.6 Å². The molecule has 0 aromatic heterocycles. The lowest BCUT2D eigenvalue weighted by Gasteiger charge is -2.11. The molecule has 0 aliphatic heterocycles. The van der Waals surface area contributed by atoms with Gasteiger partial charge in [0.2, 0.25) is 0 Å². The number of allylic oxidation sites excluding steroid dienone is 1. The van der Waals surface area contributed by atoms with E-state index in [9.17, 15) is 0 Å². The zero-order valence-electron chi connectivity index (χ0n) is 11.1. The van der Waals surface area contributed by atoms with Crippen molar-refractivity contribution in [3.8, 4) is 11.5 Å². The van der Waals surface area contributed by atoms with Crippen LogP contribution in [0.1, 0.15) is 11.1 Å². The van der Waals surface area contributed by atoms with Crippen molar-refractivity contribution in [2.75, 3.05) is 7.11 Å². The fraction of sp³-hybridized carbons (Fsp3) is 0.176. The van der Waals surface area contributed by atoms with Crippen molar-refractivity contribution >= 4 is 0 Å². The molecule has 0 heterocycles. The van der Waals surface area contributed by atoms with Crippen molar-refractivity contribution < 1.29 is 9.47 Å². The van der Waals surface area contributed by atoms with E-state index >= 15 is 0 Å². The van der Waals surface area contributed by atoms with E-state index in [4.69, 9.17) is 9.47 Å². The number of methoxy groups -OCH3 is 1. The van der Waals surface area contributed by atoms with E-state index in [1.54, 1.807) is 7.11 Å². The van der Waals surface area contributed by atoms with Gasteiger partial charge < -0.3 is 9.47 Å². The van der Waals surface area contributed by atoms with Crippen LogP contribution in [0.5, 0.6) is 11.5 Å². The third-order valence-electron chi connectivity index (χ3n) is 2.86. The van der Waals surface area contributed by atoms with Crippen LogP contribution in [0, 0.1) is 0 Å². The predicted molar refractivity (Wildman–Crippen MR) is 77.7 cm³/mol. The molecule has 0 N–H and O–H groups in total. The van der Waals surface area contributed by atoms with Crippen LogP contribution in [0.15, 0.2) is 61.2 Å². The van der Waals surface area contributed by atoms with E-state index in [0.717, 1.165) is 29.0 Å². The number of ether oxygens (including phenoxy) is 2. The molecule has 0 saturated heterocycles. The molecule has 0 aliphatic carbocycles. The van der Waals surface area contributed by atoms with E-state index in [1.165, 1.54) is 0 Å². The molecule has 2 nitrogen and oxygen atoms in total. The molecule has 0 spiro atoms. The molecule has 19 heavy (non-hydrogen) atoms. The molecule has 0 amide bonds. The number of rotatable bonds is 6. The topological polar surface area (TPSA) is 18.5 Å². The average Bonchev–Trinajstić information content (AvgIpc) is 2.47. The van der Waals surface area contributed by atoms with Gasteiger partial charge in [-0.05, 0) is 30.2 Å². The number of hydrogen-bond donors (Lipinski definition) is 0. The summed E-state index contributed by atoms with van der Waals surface area (Å²) < 4.78 is 11.1. The number of hydrogen-bond acceptors (Lipinski definition) is 2. The largest absolute Gasteiger partial charge is 0.496 e. The van der Waals surface area contributed by atoms with Gasteiger partial charge >= 0.3 is 0 Å². The lowest BCUT2D eigenvalue weighted by atomic mass is 10.1. The van der Waals surface area contributed by atoms with Crippen molar-refractivity contribution in [3.05, 3.63) is 72.3 Å². The highest BCUT2D eigenvalue weighted by Gasteiger charge is 2.04. The summed E-state index contributed by atoms with van der Waals surface area (Å²) in [5.74, 6) is 1.72. The third kappa shape index (κ3) is 3.62. The van der Waals surface area contributed by atoms with Gasteiger partial charge in [-0.15, -0.1) is 6.58 Å². The van der Waals surface area contributed by atoms with Gasteiger partial charge in [0, 0.05) is 5.56 Å². The Kier molecular flexibility index (Phi) is 4.62. The standard InChI is InChI=1S/C17H18O2/c1-3-7-15-12-16(10-11-17(15)18-2)19-13-14-8-5-4-6-9-14/h3-6,8-12H,1,7,13H2,2H3. The van der Waals surface area contributed by atoms with Gasteiger partial charge in [-0.25, -0.2) is 0 Å². The van der Waals surface area contributed by atoms with Crippen LogP contribution in [0.3, 0.4) is 0 Å². The van der Waals surface area contributed by atoms with E-state index in [2.05, 4.69) is 6.58 Å². The van der Waals surface area contributed by atoms with Gasteiger partial charge in [-0.2, -0.15) is 0 Å². The average molecular weight is 254 g/mol. The predicted octanol–water partition coefficient (Wildman–Crippen LogP) is 4.00. The van der Waals surface area contributed by atoms with Crippen molar-refractivity contribution in [1.29, 1.82) is 0 Å². The Morgan fingerprint density at radius 2 is 1.89 bits per heavy atom. The van der Waals surface area contributed by atoms with E-state index in [0.29, 0.717) is 6.61 Å². The fourth-order valence-electron chi connectivity index (χ4n) is 1.90. The summed E-state index contributed by atoms with van der Waals surface area (Å²) >= 11 is 0. The number of benzene rings is 2. The normalized spacial score (nSPS) is 9.95. The molecule has 0 bridgehead atoms. The minimum absolute atomic E-state index is 0.570. The molecule has 0 atom stereocenters. The van der Waals surface area contributed by atoms with Crippen LogP contribution >= 0.6 is 0 Å². The maximum Gasteiger partial charge on any atom is 0.122 e. The summed E-state index contributed by atoms with van der Waals surface area (Å²) in [4.78, 5) is 0. The van der Waals surface area contributed by atoms with E-state index in [-0.39, 0.29) is 0 Å². The Hall–Kier alpha value is -2.22. The Balaban J connectivity index is 2.08. The quantitative estimate of drug-likeness (QED) is 0.725. The Labute approximate surface area is 114 Å². The molecule has 0 unspecified atom stereocenters. The minimum Gasteiger partial charge on any atom is -0.496 e. The highest BCUT2D eigenvalue weighted by Crippen LogP contribution is 2.25. The van der Waals surface area contributed by atoms with Crippen LogP contribution in [0.2, 0.25) is 0 Å². The van der Waals surface area contributed by atoms with Crippen LogP contribution in [0.25, 0.3) is 0 Å². The second kappa shape index (κ2) is 6.64. The van der Waals surface area contributed by atoms with Gasteiger partial charge in [0.15, 0.2) is 0 Å². The van der Waals surface area contributed by atoms with Gasteiger partial charge in [-0.1, -0.05) is 36.4 Å². The third-order valence-corrected chi connectivity index (χ3v) is 2.86. The second-order valence-electron chi connectivity index (χ2n) is 4.24. The Bertz CT molecular complexity index is 532. The molecule has 0 fully saturated rings. The van der Waals surface area contributed by atoms with Gasteiger partial charge in [0.25, 0.3) is 0 Å². The summed E-state index contributed by atoms with van der Waals surface area (Å²) in [5.41, 5.74) is 2.24. The summed E-state index contributed by atoms with van der Waals surface area (Å²) in [6.07, 6.45) is 2.63. The van der Waals surface area contributed by atoms with Crippen molar-refractivity contribution in [1.82, 2.24) is 0 Å². The fourth-order valence-corrected chi connectivity index (χ4v) is 1.90. The van der Waals surface area contributed by atoms with Crippen molar-refractivity contribution in [2.45, 2.75) is 13.0 Å². The first-order valence-electron chi connectivity index (χ1n) is 6.28. The summed E-state index contributed by atoms with van der Waals surface area (Å²) in [6, 6.07) is 16.0. The van der Waals surface area contributed by atoms with Gasteiger partial charge in [0.1, 0.15) is 18.1 Å². The van der Waals surface area contributed by atoms with Crippen molar-refractivity contribution in [3.63, 3.8) is 0 Å². The molecule has 0 radical (unpaired) electrons. The van der Waals surface area contributed by atoms with Gasteiger partial charge in [-0.3, -0.25) is 0 Å². The zero-order valence-corrected chi connectivity index (χ0v) is 11.1. The molecule has 2 heteroatoms. The highest BCUT2D eigenvalue weighted by molar-refractivity contribution is 5.41. The molecule has 0 aliphatic rings. The first-order valence-corrected chi connectivity index (χ1v) is 6.28. The highest BCUT2D eigenvalue weighted by atomic mass is 16.5. The summed E-state index contributed by atoms with van der Waals surface area (Å²) in [7, 11) is 1.67. The summed E-state index contributed by atoms with van der Waals surface area (Å²) in [6.45, 7) is 4.33. The summed E-state index contributed by atoms with van der Waals surface area (Å²) in [5, 5.41) is 0. The van der Waals surface area contributed by atoms with Gasteiger partial charge in [0.05, 0.1) is 7.11 Å². The van der Waals surface area contributed by atoms with Crippen LogP contribution in [-0.4, -0.2) is 7.11 Å². The Morgan fingerprint density at radius 1 is 1.11 bits per heavy atom. The van der Waals surface area contributed by atoms with E-state index < -0.39 is 0 Å². The minimum atomic E-state index is 0.570. The molecule has 98 valence electrons. The van der Waals surface area contributed by atoms with Crippen molar-refractivity contribution in [2.24, 2.45) is 0 Å². The first-order chi connectivity index (χ1) is 9.33. The zero-order chi connectivity index (χ0) is 13.5. The lowest BCUT2D eigenvalue weighted by molar-refractivity contribution is 0.305. The molecule has 2 aromatic carbocycles. The molecular formula is C17H18O2. The van der Waals surface area contributed by atoms with Crippen LogP contribution in [-0.2, 0) is 13.0 Å². The second-order valence-corrected chi connectivity index (χ2v) is 4.24. The van der Waals surface area contributed by atoms with Crippen LogP contribution in [0.4, 0.5) is 0 Å². The molecule has 2 aromatic rings. The maximum absolute atomic E-state index is 5.79.